The fourth-order valence-electron chi connectivity index (χ4n) is 2.68. The van der Waals surface area contributed by atoms with Gasteiger partial charge in [0.05, 0.1) is 17.3 Å². The third-order valence-corrected chi connectivity index (χ3v) is 4.06. The van der Waals surface area contributed by atoms with Crippen LogP contribution in [0.2, 0.25) is 0 Å². The Labute approximate surface area is 125 Å². The van der Waals surface area contributed by atoms with E-state index in [4.69, 9.17) is 4.74 Å². The summed E-state index contributed by atoms with van der Waals surface area (Å²) in [6.45, 7) is 7.80. The fourth-order valence-corrected chi connectivity index (χ4v) is 2.68. The number of nitrogens with one attached hydrogen (secondary N) is 1. The largest absolute Gasteiger partial charge is 0.386 e. The zero-order valence-corrected chi connectivity index (χ0v) is 13.1. The first-order valence-electron chi connectivity index (χ1n) is 7.45. The van der Waals surface area contributed by atoms with Crippen molar-refractivity contribution >= 4 is 17.0 Å². The molecule has 0 aliphatic carbocycles. The number of H-pyrrole nitrogens is 1. The van der Waals surface area contributed by atoms with Crippen LogP contribution in [0.25, 0.3) is 17.0 Å². The Kier molecular flexibility index (Phi) is 3.23. The van der Waals surface area contributed by atoms with Crippen LogP contribution >= 0.6 is 0 Å². The van der Waals surface area contributed by atoms with Gasteiger partial charge in [0.15, 0.2) is 0 Å². The molecule has 1 aliphatic heterocycles. The molecule has 21 heavy (non-hydrogen) atoms. The second-order valence-corrected chi connectivity index (χ2v) is 6.96. The number of aliphatic hydroxyl groups is 1. The number of epoxide rings is 1. The van der Waals surface area contributed by atoms with E-state index in [0.29, 0.717) is 0 Å². The first-order chi connectivity index (χ1) is 9.76. The van der Waals surface area contributed by atoms with E-state index < -0.39 is 5.60 Å². The number of hydrogen-bond donors (Lipinski definition) is 2. The van der Waals surface area contributed by atoms with Crippen molar-refractivity contribution in [2.45, 2.75) is 51.4 Å². The highest BCUT2D eigenvalue weighted by Crippen LogP contribution is 2.39. The molecule has 2 N–H and O–H groups in total. The standard InChI is InChI=1S/C18H23NO2/c1-17(2,20)10-9-15-13(11-16-18(3,4)21-16)12-7-5-6-8-14(12)19-15/h5-10,16,19-20H,11H2,1-4H3/b10-9+/t16-/m1/s1. The molecule has 0 radical (unpaired) electrons. The summed E-state index contributed by atoms with van der Waals surface area (Å²) >= 11 is 0. The summed E-state index contributed by atoms with van der Waals surface area (Å²) in [6, 6.07) is 8.31. The molecule has 1 saturated heterocycles. The smallest absolute Gasteiger partial charge is 0.0909 e. The second kappa shape index (κ2) is 4.72. The molecule has 3 nitrogen and oxygen atoms in total. The highest BCUT2D eigenvalue weighted by atomic mass is 16.6. The van der Waals surface area contributed by atoms with Crippen LogP contribution in [0.1, 0.15) is 39.0 Å². The van der Waals surface area contributed by atoms with Gasteiger partial charge in [0.2, 0.25) is 0 Å². The molecule has 0 amide bonds. The van der Waals surface area contributed by atoms with E-state index in [0.717, 1.165) is 17.6 Å². The maximum absolute atomic E-state index is 9.90. The van der Waals surface area contributed by atoms with E-state index in [1.807, 2.05) is 18.2 Å². The maximum Gasteiger partial charge on any atom is 0.0909 e. The van der Waals surface area contributed by atoms with Gasteiger partial charge in [0, 0.05) is 23.0 Å². The topological polar surface area (TPSA) is 48.5 Å². The van der Waals surface area contributed by atoms with Crippen LogP contribution in [0.15, 0.2) is 30.3 Å². The zero-order valence-electron chi connectivity index (χ0n) is 13.1. The molecule has 0 unspecified atom stereocenters. The van der Waals surface area contributed by atoms with Gasteiger partial charge in [-0.05, 0) is 45.4 Å². The lowest BCUT2D eigenvalue weighted by molar-refractivity contribution is 0.134. The molecule has 0 spiro atoms. The summed E-state index contributed by atoms with van der Waals surface area (Å²) < 4.78 is 5.74. The summed E-state index contributed by atoms with van der Waals surface area (Å²) in [5.74, 6) is 0. The number of aromatic nitrogens is 1. The molecule has 2 aromatic rings. The molecule has 3 rings (SSSR count). The van der Waals surface area contributed by atoms with E-state index in [-0.39, 0.29) is 11.7 Å². The van der Waals surface area contributed by atoms with Gasteiger partial charge in [0.25, 0.3) is 0 Å². The molecular weight excluding hydrogens is 262 g/mol. The average molecular weight is 285 g/mol. The predicted octanol–water partition coefficient (Wildman–Crippen LogP) is 3.67. The monoisotopic (exact) mass is 285 g/mol. The number of rotatable bonds is 4. The van der Waals surface area contributed by atoms with E-state index in [2.05, 4.69) is 37.0 Å². The van der Waals surface area contributed by atoms with Crippen molar-refractivity contribution in [3.8, 4) is 0 Å². The Bertz CT molecular complexity index is 689. The van der Waals surface area contributed by atoms with Crippen LogP contribution < -0.4 is 0 Å². The summed E-state index contributed by atoms with van der Waals surface area (Å²) in [5.41, 5.74) is 2.62. The molecule has 3 heteroatoms. The average Bonchev–Trinajstić information content (AvgIpc) is 2.83. The number of ether oxygens (including phenoxy) is 1. The van der Waals surface area contributed by atoms with Gasteiger partial charge >= 0.3 is 0 Å². The lowest BCUT2D eigenvalue weighted by Crippen LogP contribution is -2.13. The molecule has 1 fully saturated rings. The molecule has 2 heterocycles. The van der Waals surface area contributed by atoms with Crippen LogP contribution in [0.5, 0.6) is 0 Å². The van der Waals surface area contributed by atoms with Crippen LogP contribution in [0.3, 0.4) is 0 Å². The number of benzene rings is 1. The van der Waals surface area contributed by atoms with Gasteiger partial charge in [-0.25, -0.2) is 0 Å². The highest BCUT2D eigenvalue weighted by molar-refractivity contribution is 5.87. The van der Waals surface area contributed by atoms with Gasteiger partial charge in [-0.15, -0.1) is 0 Å². The first kappa shape index (κ1) is 14.4. The lowest BCUT2D eigenvalue weighted by atomic mass is 9.99. The van der Waals surface area contributed by atoms with Crippen molar-refractivity contribution in [1.29, 1.82) is 0 Å². The molecule has 1 atom stereocenters. The first-order valence-corrected chi connectivity index (χ1v) is 7.45. The summed E-state index contributed by atoms with van der Waals surface area (Å²) in [4.78, 5) is 3.44. The summed E-state index contributed by atoms with van der Waals surface area (Å²) in [7, 11) is 0. The van der Waals surface area contributed by atoms with E-state index in [1.165, 1.54) is 10.9 Å². The predicted molar refractivity (Wildman–Crippen MR) is 86.3 cm³/mol. The van der Waals surface area contributed by atoms with Crippen LogP contribution in [0, 0.1) is 0 Å². The third kappa shape index (κ3) is 3.04. The molecular formula is C18H23NO2. The number of hydrogen-bond acceptors (Lipinski definition) is 2. The van der Waals surface area contributed by atoms with Crippen molar-refractivity contribution in [1.82, 2.24) is 4.98 Å². The van der Waals surface area contributed by atoms with Crippen molar-refractivity contribution < 1.29 is 9.84 Å². The Hall–Kier alpha value is -1.58. The summed E-state index contributed by atoms with van der Waals surface area (Å²) in [5, 5.41) is 11.1. The van der Waals surface area contributed by atoms with Crippen molar-refractivity contribution in [2.24, 2.45) is 0 Å². The minimum absolute atomic E-state index is 0.0182. The lowest BCUT2D eigenvalue weighted by Gasteiger charge is -2.10. The van der Waals surface area contributed by atoms with E-state index in [1.54, 1.807) is 13.8 Å². The quantitative estimate of drug-likeness (QED) is 0.842. The highest BCUT2D eigenvalue weighted by Gasteiger charge is 2.47. The van der Waals surface area contributed by atoms with Crippen LogP contribution in [0.4, 0.5) is 0 Å². The number of fused-ring (bicyclic) bond motifs is 1. The second-order valence-electron chi connectivity index (χ2n) is 6.96. The summed E-state index contributed by atoms with van der Waals surface area (Å²) in [6.07, 6.45) is 4.96. The Morgan fingerprint density at radius 3 is 2.62 bits per heavy atom. The molecule has 1 aliphatic rings. The van der Waals surface area contributed by atoms with Gasteiger partial charge in [-0.3, -0.25) is 0 Å². The Morgan fingerprint density at radius 2 is 2.00 bits per heavy atom. The molecule has 0 bridgehead atoms. The maximum atomic E-state index is 9.90. The van der Waals surface area contributed by atoms with Crippen LogP contribution in [-0.2, 0) is 11.2 Å². The van der Waals surface area contributed by atoms with Crippen LogP contribution in [-0.4, -0.2) is 27.4 Å². The SMILES string of the molecule is CC(C)(O)/C=C/c1[nH]c2ccccc2c1C[C@H]1OC1(C)C. The molecule has 0 saturated carbocycles. The molecule has 1 aromatic carbocycles. The fraction of sp³-hybridized carbons (Fsp3) is 0.444. The molecule has 112 valence electrons. The van der Waals surface area contributed by atoms with E-state index in [9.17, 15) is 5.11 Å². The Morgan fingerprint density at radius 1 is 1.33 bits per heavy atom. The van der Waals surface area contributed by atoms with Crippen molar-refractivity contribution in [3.05, 3.63) is 41.6 Å². The Balaban J connectivity index is 2.00. The number of aromatic amines is 1. The van der Waals surface area contributed by atoms with Crippen molar-refractivity contribution in [2.75, 3.05) is 0 Å². The minimum atomic E-state index is -0.816. The molecule has 1 aromatic heterocycles. The minimum Gasteiger partial charge on any atom is -0.386 e. The van der Waals surface area contributed by atoms with Crippen molar-refractivity contribution in [3.63, 3.8) is 0 Å². The third-order valence-electron chi connectivity index (χ3n) is 4.06. The van der Waals surface area contributed by atoms with E-state index >= 15 is 0 Å². The zero-order chi connectivity index (χ0) is 15.3. The normalized spacial score (nSPS) is 21.3. The van der Waals surface area contributed by atoms with Gasteiger partial charge in [0.1, 0.15) is 0 Å². The van der Waals surface area contributed by atoms with Gasteiger partial charge < -0.3 is 14.8 Å². The van der Waals surface area contributed by atoms with Gasteiger partial charge in [-0.1, -0.05) is 24.3 Å². The van der Waals surface area contributed by atoms with Gasteiger partial charge in [-0.2, -0.15) is 0 Å². The number of para-hydroxylation sites is 1.